The smallest absolute Gasteiger partial charge is 0.312 e. The predicted octanol–water partition coefficient (Wildman–Crippen LogP) is 2.31. The van der Waals surface area contributed by atoms with Crippen molar-refractivity contribution in [3.63, 3.8) is 0 Å². The van der Waals surface area contributed by atoms with Crippen LogP contribution in [-0.2, 0) is 9.63 Å². The molecule has 1 aromatic carbocycles. The summed E-state index contributed by atoms with van der Waals surface area (Å²) in [5, 5.41) is 3.62. The molecule has 1 aliphatic heterocycles. The molecule has 0 unspecified atom stereocenters. The second-order valence-electron chi connectivity index (χ2n) is 3.47. The summed E-state index contributed by atoms with van der Waals surface area (Å²) < 4.78 is 0. The van der Waals surface area contributed by atoms with Gasteiger partial charge in [0.1, 0.15) is 0 Å². The standard InChI is InChI=1S/C12H11NO2/c1-8-5-3-4-6-10(8)7-11-9(2)13-15-12(11)14/h3-7H,1-2H3. The monoisotopic (exact) mass is 201 g/mol. The van der Waals surface area contributed by atoms with Gasteiger partial charge in [0.05, 0.1) is 11.3 Å². The van der Waals surface area contributed by atoms with E-state index < -0.39 is 0 Å². The van der Waals surface area contributed by atoms with Crippen molar-refractivity contribution in [1.82, 2.24) is 0 Å². The van der Waals surface area contributed by atoms with Gasteiger partial charge in [0, 0.05) is 0 Å². The minimum atomic E-state index is -0.379. The highest BCUT2D eigenvalue weighted by Gasteiger charge is 2.21. The van der Waals surface area contributed by atoms with Crippen LogP contribution in [0.4, 0.5) is 0 Å². The summed E-state index contributed by atoms with van der Waals surface area (Å²) in [6, 6.07) is 7.86. The fraction of sp³-hybridized carbons (Fsp3) is 0.167. The van der Waals surface area contributed by atoms with Crippen LogP contribution in [0.15, 0.2) is 35.0 Å². The number of nitrogens with zero attached hydrogens (tertiary/aromatic N) is 1. The van der Waals surface area contributed by atoms with Gasteiger partial charge in [0.2, 0.25) is 0 Å². The summed E-state index contributed by atoms with van der Waals surface area (Å²) in [4.78, 5) is 15.9. The second kappa shape index (κ2) is 3.69. The molecule has 3 nitrogen and oxygen atoms in total. The lowest BCUT2D eigenvalue weighted by Gasteiger charge is -1.99. The third-order valence-corrected chi connectivity index (χ3v) is 2.36. The highest BCUT2D eigenvalue weighted by molar-refractivity contribution is 6.24. The molecular formula is C12H11NO2. The third kappa shape index (κ3) is 1.81. The Hall–Kier alpha value is -1.90. The summed E-state index contributed by atoms with van der Waals surface area (Å²) in [6.07, 6.45) is 1.81. The number of hydrogen-bond donors (Lipinski definition) is 0. The van der Waals surface area contributed by atoms with E-state index >= 15 is 0 Å². The van der Waals surface area contributed by atoms with Crippen LogP contribution in [0.25, 0.3) is 6.08 Å². The van der Waals surface area contributed by atoms with Crippen LogP contribution in [-0.4, -0.2) is 11.7 Å². The average Bonchev–Trinajstić information content (AvgIpc) is 2.53. The number of hydrogen-bond acceptors (Lipinski definition) is 3. The van der Waals surface area contributed by atoms with Crippen LogP contribution in [0.1, 0.15) is 18.1 Å². The number of aryl methyl sites for hydroxylation is 1. The Bertz CT molecular complexity index is 472. The van der Waals surface area contributed by atoms with Gasteiger partial charge in [-0.3, -0.25) is 0 Å². The number of carbonyl (C=O) groups is 1. The minimum absolute atomic E-state index is 0.379. The lowest BCUT2D eigenvalue weighted by molar-refractivity contribution is -0.136. The molecule has 0 saturated heterocycles. The average molecular weight is 201 g/mol. The molecule has 76 valence electrons. The first-order chi connectivity index (χ1) is 7.18. The zero-order chi connectivity index (χ0) is 10.8. The summed E-state index contributed by atoms with van der Waals surface area (Å²) in [5.41, 5.74) is 3.30. The molecule has 0 atom stereocenters. The minimum Gasteiger partial charge on any atom is -0.312 e. The summed E-state index contributed by atoms with van der Waals surface area (Å²) >= 11 is 0. The Morgan fingerprint density at radius 3 is 2.60 bits per heavy atom. The van der Waals surface area contributed by atoms with Crippen LogP contribution in [0.5, 0.6) is 0 Å². The predicted molar refractivity (Wildman–Crippen MR) is 58.4 cm³/mol. The number of oxime groups is 1. The van der Waals surface area contributed by atoms with Crippen molar-refractivity contribution in [3.05, 3.63) is 41.0 Å². The molecule has 2 rings (SSSR count). The molecule has 0 aliphatic carbocycles. The van der Waals surface area contributed by atoms with Crippen molar-refractivity contribution in [2.45, 2.75) is 13.8 Å². The maximum atomic E-state index is 11.3. The van der Waals surface area contributed by atoms with Gasteiger partial charge in [0.15, 0.2) is 0 Å². The van der Waals surface area contributed by atoms with Crippen molar-refractivity contribution in [1.29, 1.82) is 0 Å². The SMILES string of the molecule is CC1=NOC(=O)C1=Cc1ccccc1C. The maximum absolute atomic E-state index is 11.3. The Morgan fingerprint density at radius 1 is 1.27 bits per heavy atom. The molecule has 0 bridgehead atoms. The largest absolute Gasteiger partial charge is 0.367 e. The van der Waals surface area contributed by atoms with Gasteiger partial charge in [-0.1, -0.05) is 29.4 Å². The second-order valence-corrected chi connectivity index (χ2v) is 3.47. The van der Waals surface area contributed by atoms with Gasteiger partial charge in [-0.05, 0) is 31.1 Å². The number of rotatable bonds is 1. The first-order valence-electron chi connectivity index (χ1n) is 4.72. The zero-order valence-electron chi connectivity index (χ0n) is 8.65. The van der Waals surface area contributed by atoms with Gasteiger partial charge in [0.25, 0.3) is 0 Å². The van der Waals surface area contributed by atoms with Crippen molar-refractivity contribution < 1.29 is 9.63 Å². The fourth-order valence-corrected chi connectivity index (χ4v) is 1.42. The van der Waals surface area contributed by atoms with E-state index in [2.05, 4.69) is 9.99 Å². The normalized spacial score (nSPS) is 17.9. The number of carbonyl (C=O) groups excluding carboxylic acids is 1. The van der Waals surface area contributed by atoms with Gasteiger partial charge < -0.3 is 4.84 Å². The summed E-state index contributed by atoms with van der Waals surface area (Å²) in [6.45, 7) is 3.76. The van der Waals surface area contributed by atoms with Crippen LogP contribution in [0.2, 0.25) is 0 Å². The quantitative estimate of drug-likeness (QED) is 0.516. The van der Waals surface area contributed by atoms with Gasteiger partial charge >= 0.3 is 5.97 Å². The van der Waals surface area contributed by atoms with Crippen molar-refractivity contribution in [2.75, 3.05) is 0 Å². The lowest BCUT2D eigenvalue weighted by atomic mass is 10.0. The fourth-order valence-electron chi connectivity index (χ4n) is 1.42. The van der Waals surface area contributed by atoms with Crippen molar-refractivity contribution in [2.24, 2.45) is 5.16 Å². The first-order valence-corrected chi connectivity index (χ1v) is 4.72. The Kier molecular flexibility index (Phi) is 2.37. The first kappa shape index (κ1) is 9.65. The molecule has 1 aliphatic rings. The molecule has 1 heterocycles. The molecule has 0 amide bonds. The molecule has 0 fully saturated rings. The topological polar surface area (TPSA) is 38.7 Å². The van der Waals surface area contributed by atoms with Crippen LogP contribution >= 0.6 is 0 Å². The highest BCUT2D eigenvalue weighted by atomic mass is 16.7. The third-order valence-electron chi connectivity index (χ3n) is 2.36. The molecule has 1 aromatic rings. The molecule has 0 radical (unpaired) electrons. The van der Waals surface area contributed by atoms with E-state index in [1.54, 1.807) is 6.92 Å². The molecule has 3 heteroatoms. The number of benzene rings is 1. The van der Waals surface area contributed by atoms with E-state index in [-0.39, 0.29) is 5.97 Å². The molecule has 15 heavy (non-hydrogen) atoms. The highest BCUT2D eigenvalue weighted by Crippen LogP contribution is 2.17. The van der Waals surface area contributed by atoms with Crippen molar-refractivity contribution in [3.8, 4) is 0 Å². The Balaban J connectivity index is 2.43. The maximum Gasteiger partial charge on any atom is 0.367 e. The molecule has 0 aromatic heterocycles. The summed E-state index contributed by atoms with van der Waals surface area (Å²) in [5.74, 6) is -0.379. The molecule has 0 N–H and O–H groups in total. The zero-order valence-corrected chi connectivity index (χ0v) is 8.65. The van der Waals surface area contributed by atoms with Gasteiger partial charge in [-0.2, -0.15) is 0 Å². The van der Waals surface area contributed by atoms with Crippen LogP contribution in [0.3, 0.4) is 0 Å². The van der Waals surface area contributed by atoms with E-state index in [1.807, 2.05) is 37.3 Å². The molecular weight excluding hydrogens is 190 g/mol. The molecule has 0 saturated carbocycles. The lowest BCUT2D eigenvalue weighted by Crippen LogP contribution is -2.01. The van der Waals surface area contributed by atoms with Crippen LogP contribution in [0, 0.1) is 6.92 Å². The van der Waals surface area contributed by atoms with E-state index in [9.17, 15) is 4.79 Å². The van der Waals surface area contributed by atoms with Gasteiger partial charge in [-0.15, -0.1) is 0 Å². The van der Waals surface area contributed by atoms with Gasteiger partial charge in [-0.25, -0.2) is 4.79 Å². The van der Waals surface area contributed by atoms with E-state index in [1.165, 1.54) is 0 Å². The van der Waals surface area contributed by atoms with Crippen LogP contribution < -0.4 is 0 Å². The van der Waals surface area contributed by atoms with E-state index in [0.717, 1.165) is 11.1 Å². The van der Waals surface area contributed by atoms with E-state index in [4.69, 9.17) is 0 Å². The van der Waals surface area contributed by atoms with Crippen molar-refractivity contribution >= 4 is 17.8 Å². The Morgan fingerprint density at radius 2 is 2.00 bits per heavy atom. The summed E-state index contributed by atoms with van der Waals surface area (Å²) in [7, 11) is 0. The van der Waals surface area contributed by atoms with E-state index in [0.29, 0.717) is 11.3 Å². The molecule has 0 spiro atoms. The Labute approximate surface area is 88.1 Å².